The zero-order valence-electron chi connectivity index (χ0n) is 22.8. The molecule has 0 aliphatic heterocycles. The predicted octanol–water partition coefficient (Wildman–Crippen LogP) is 7.60. The van der Waals surface area contributed by atoms with E-state index in [4.69, 9.17) is 27.9 Å². The maximum absolute atomic E-state index is 13.8. The summed E-state index contributed by atoms with van der Waals surface area (Å²) in [5.41, 5.74) is 2.83. The fourth-order valence-electron chi connectivity index (χ4n) is 4.06. The van der Waals surface area contributed by atoms with E-state index >= 15 is 0 Å². The molecule has 0 fully saturated rings. The van der Waals surface area contributed by atoms with Gasteiger partial charge in [0.25, 0.3) is 5.91 Å². The molecule has 0 aromatic heterocycles. The molecule has 1 atom stereocenters. The summed E-state index contributed by atoms with van der Waals surface area (Å²) in [5, 5.41) is 3.78. The second-order valence-electron chi connectivity index (χ2n) is 10.5. The third-order valence-electron chi connectivity index (χ3n) is 6.31. The van der Waals surface area contributed by atoms with Gasteiger partial charge in [-0.25, -0.2) is 0 Å². The summed E-state index contributed by atoms with van der Waals surface area (Å²) in [6, 6.07) is 20.0. The lowest BCUT2D eigenvalue weighted by atomic mass is 9.87. The first-order valence-electron chi connectivity index (χ1n) is 13.0. The molecule has 2 amide bonds. The van der Waals surface area contributed by atoms with Crippen molar-refractivity contribution in [1.82, 2.24) is 10.2 Å². The summed E-state index contributed by atoms with van der Waals surface area (Å²) in [5.74, 6) is 0.0196. The van der Waals surface area contributed by atoms with E-state index in [1.165, 1.54) is 0 Å². The second-order valence-corrected chi connectivity index (χ2v) is 12.1. The third-order valence-corrected chi connectivity index (χ3v) is 7.67. The minimum absolute atomic E-state index is 0.0238. The van der Waals surface area contributed by atoms with Gasteiger partial charge < -0.3 is 15.0 Å². The highest BCUT2D eigenvalue weighted by atomic mass is 79.9. The molecule has 39 heavy (non-hydrogen) atoms. The largest absolute Gasteiger partial charge is 0.483 e. The van der Waals surface area contributed by atoms with Gasteiger partial charge >= 0.3 is 0 Å². The first-order chi connectivity index (χ1) is 18.5. The minimum Gasteiger partial charge on any atom is -0.483 e. The Balaban J connectivity index is 1.92. The van der Waals surface area contributed by atoms with Gasteiger partial charge in [-0.3, -0.25) is 9.59 Å². The van der Waals surface area contributed by atoms with Gasteiger partial charge in [0.2, 0.25) is 5.91 Å². The summed E-state index contributed by atoms with van der Waals surface area (Å²) < 4.78 is 6.74. The van der Waals surface area contributed by atoms with E-state index < -0.39 is 6.04 Å². The number of benzene rings is 3. The van der Waals surface area contributed by atoms with Gasteiger partial charge in [-0.15, -0.1) is 0 Å². The summed E-state index contributed by atoms with van der Waals surface area (Å²) in [6.45, 7) is 8.84. The predicted molar refractivity (Wildman–Crippen MR) is 163 cm³/mol. The summed E-state index contributed by atoms with van der Waals surface area (Å²) in [4.78, 5) is 28.8. The number of hydrogen-bond donors (Lipinski definition) is 1. The molecule has 0 spiro atoms. The standard InChI is InChI=1S/C31H35BrCl2N2O3/c1-5-15-35-30(38)27(17-21-9-7-6-8-10-21)36(19-22-11-13-25(33)26(34)16-22)29(37)20-39-28-14-12-23(18-24(28)32)31(2,3)4/h6-14,16,18,27H,5,15,17,19-20H2,1-4H3,(H,35,38)/t27-/m0/s1. The average Bonchev–Trinajstić information content (AvgIpc) is 2.90. The highest BCUT2D eigenvalue weighted by Crippen LogP contribution is 2.32. The lowest BCUT2D eigenvalue weighted by Gasteiger charge is -2.31. The fraction of sp³-hybridized carbons (Fsp3) is 0.355. The van der Waals surface area contributed by atoms with Crippen LogP contribution in [0.2, 0.25) is 10.0 Å². The number of hydrogen-bond acceptors (Lipinski definition) is 3. The number of amides is 2. The lowest BCUT2D eigenvalue weighted by Crippen LogP contribution is -2.51. The van der Waals surface area contributed by atoms with Crippen LogP contribution in [0.3, 0.4) is 0 Å². The number of nitrogens with zero attached hydrogens (tertiary/aromatic N) is 1. The molecule has 3 aromatic carbocycles. The Morgan fingerprint density at radius 1 is 0.974 bits per heavy atom. The van der Waals surface area contributed by atoms with Crippen LogP contribution in [-0.4, -0.2) is 35.9 Å². The van der Waals surface area contributed by atoms with Crippen LogP contribution < -0.4 is 10.1 Å². The van der Waals surface area contributed by atoms with Crippen LogP contribution in [0.4, 0.5) is 0 Å². The van der Waals surface area contributed by atoms with Crippen molar-refractivity contribution in [2.45, 2.75) is 58.5 Å². The summed E-state index contributed by atoms with van der Waals surface area (Å²) >= 11 is 16.0. The van der Waals surface area contributed by atoms with Crippen LogP contribution >= 0.6 is 39.1 Å². The van der Waals surface area contributed by atoms with Crippen LogP contribution in [0, 0.1) is 0 Å². The summed E-state index contributed by atoms with van der Waals surface area (Å²) in [7, 11) is 0. The maximum atomic E-state index is 13.8. The maximum Gasteiger partial charge on any atom is 0.261 e. The van der Waals surface area contributed by atoms with E-state index in [1.54, 1.807) is 23.1 Å². The third kappa shape index (κ3) is 8.99. The van der Waals surface area contributed by atoms with Crippen LogP contribution in [0.5, 0.6) is 5.75 Å². The minimum atomic E-state index is -0.754. The Hall–Kier alpha value is -2.54. The molecule has 0 radical (unpaired) electrons. The van der Waals surface area contributed by atoms with Crippen molar-refractivity contribution in [2.75, 3.05) is 13.2 Å². The molecule has 5 nitrogen and oxygen atoms in total. The van der Waals surface area contributed by atoms with Gasteiger partial charge in [0.05, 0.1) is 14.5 Å². The van der Waals surface area contributed by atoms with E-state index in [1.807, 2.05) is 55.5 Å². The van der Waals surface area contributed by atoms with Crippen molar-refractivity contribution >= 4 is 50.9 Å². The van der Waals surface area contributed by atoms with Crippen molar-refractivity contribution < 1.29 is 14.3 Å². The van der Waals surface area contributed by atoms with Gasteiger partial charge in [0, 0.05) is 19.5 Å². The molecular formula is C31H35BrCl2N2O3. The molecule has 3 rings (SSSR count). The number of carbonyl (C=O) groups is 2. The Morgan fingerprint density at radius 2 is 1.69 bits per heavy atom. The zero-order chi connectivity index (χ0) is 28.6. The number of carbonyl (C=O) groups excluding carboxylic acids is 2. The van der Waals surface area contributed by atoms with Gasteiger partial charge in [-0.1, -0.05) is 93.4 Å². The van der Waals surface area contributed by atoms with E-state index in [9.17, 15) is 9.59 Å². The molecule has 208 valence electrons. The Kier molecular flexibility index (Phi) is 11.3. The van der Waals surface area contributed by atoms with Crippen LogP contribution in [0.1, 0.15) is 50.8 Å². The number of rotatable bonds is 11. The molecule has 0 saturated heterocycles. The quantitative estimate of drug-likeness (QED) is 0.237. The van der Waals surface area contributed by atoms with Crippen molar-refractivity contribution in [2.24, 2.45) is 0 Å². The summed E-state index contributed by atoms with van der Waals surface area (Å²) in [6.07, 6.45) is 1.14. The topological polar surface area (TPSA) is 58.6 Å². The first kappa shape index (κ1) is 31.0. The molecule has 8 heteroatoms. The fourth-order valence-corrected chi connectivity index (χ4v) is 4.88. The Labute approximate surface area is 250 Å². The van der Waals surface area contributed by atoms with E-state index in [0.29, 0.717) is 28.8 Å². The number of ether oxygens (including phenoxy) is 1. The normalized spacial score (nSPS) is 12.1. The highest BCUT2D eigenvalue weighted by molar-refractivity contribution is 9.10. The van der Waals surface area contributed by atoms with E-state index in [2.05, 4.69) is 42.0 Å². The average molecular weight is 634 g/mol. The molecule has 0 saturated carbocycles. The van der Waals surface area contributed by atoms with Crippen molar-refractivity contribution in [3.05, 3.63) is 97.9 Å². The molecule has 3 aromatic rings. The zero-order valence-corrected chi connectivity index (χ0v) is 25.9. The number of nitrogens with one attached hydrogen (secondary N) is 1. The molecule has 0 aliphatic carbocycles. The second kappa shape index (κ2) is 14.2. The van der Waals surface area contributed by atoms with Gasteiger partial charge in [0.1, 0.15) is 11.8 Å². The van der Waals surface area contributed by atoms with Crippen molar-refractivity contribution in [3.63, 3.8) is 0 Å². The molecule has 1 N–H and O–H groups in total. The first-order valence-corrected chi connectivity index (χ1v) is 14.5. The molecule has 0 heterocycles. The van der Waals surface area contributed by atoms with Crippen molar-refractivity contribution in [1.29, 1.82) is 0 Å². The van der Waals surface area contributed by atoms with Gasteiger partial charge in [-0.2, -0.15) is 0 Å². The molecule has 0 unspecified atom stereocenters. The monoisotopic (exact) mass is 632 g/mol. The van der Waals surface area contributed by atoms with E-state index in [0.717, 1.165) is 27.6 Å². The van der Waals surface area contributed by atoms with E-state index in [-0.39, 0.29) is 30.4 Å². The molecular weight excluding hydrogens is 599 g/mol. The smallest absolute Gasteiger partial charge is 0.261 e. The van der Waals surface area contributed by atoms with Crippen LogP contribution in [0.15, 0.2) is 71.2 Å². The van der Waals surface area contributed by atoms with Crippen molar-refractivity contribution in [3.8, 4) is 5.75 Å². The van der Waals surface area contributed by atoms with Gasteiger partial charge in [-0.05, 0) is 68.7 Å². The lowest BCUT2D eigenvalue weighted by molar-refractivity contribution is -0.142. The SMILES string of the molecule is CCCNC(=O)[C@H](Cc1ccccc1)N(Cc1ccc(Cl)c(Cl)c1)C(=O)COc1ccc(C(C)(C)C)cc1Br. The molecule has 0 bridgehead atoms. The van der Waals surface area contributed by atoms with Crippen LogP contribution in [-0.2, 0) is 28.0 Å². The van der Waals surface area contributed by atoms with Gasteiger partial charge in [0.15, 0.2) is 6.61 Å². The molecule has 0 aliphatic rings. The number of halogens is 3. The Morgan fingerprint density at radius 3 is 2.31 bits per heavy atom. The van der Waals surface area contributed by atoms with Crippen LogP contribution in [0.25, 0.3) is 0 Å². The highest BCUT2D eigenvalue weighted by Gasteiger charge is 2.31. The Bertz CT molecular complexity index is 1280.